The van der Waals surface area contributed by atoms with Crippen molar-refractivity contribution in [1.29, 1.82) is 0 Å². The number of ketones is 1. The van der Waals surface area contributed by atoms with E-state index in [0.717, 1.165) is 30.5 Å². The number of halogens is 4. The Kier molecular flexibility index (Phi) is 7.45. The number of alkyl halides is 3. The van der Waals surface area contributed by atoms with E-state index in [0.29, 0.717) is 30.7 Å². The predicted molar refractivity (Wildman–Crippen MR) is 135 cm³/mol. The first-order valence-corrected chi connectivity index (χ1v) is 13.1. The lowest BCUT2D eigenvalue weighted by Crippen LogP contribution is -2.20. The molecule has 0 bridgehead atoms. The van der Waals surface area contributed by atoms with E-state index >= 15 is 4.39 Å². The number of Topliss-reactive ketones (excluding diaryl/α,β-unsaturated/α-hetero) is 1. The minimum atomic E-state index is -4.74. The van der Waals surface area contributed by atoms with Gasteiger partial charge in [0.25, 0.3) is 0 Å². The third-order valence-electron chi connectivity index (χ3n) is 7.07. The molecule has 0 amide bonds. The molecule has 2 aliphatic heterocycles. The summed E-state index contributed by atoms with van der Waals surface area (Å²) in [6, 6.07) is 2.54. The monoisotopic (exact) mass is 574 g/mol. The summed E-state index contributed by atoms with van der Waals surface area (Å²) in [6.07, 6.45) is 1.68. The van der Waals surface area contributed by atoms with E-state index in [1.54, 1.807) is 6.20 Å². The number of benzene rings is 1. The molecule has 0 unspecified atom stereocenters. The highest BCUT2D eigenvalue weighted by Gasteiger charge is 2.35. The van der Waals surface area contributed by atoms with Gasteiger partial charge in [0.2, 0.25) is 5.78 Å². The van der Waals surface area contributed by atoms with Crippen LogP contribution in [0.4, 0.5) is 17.6 Å². The van der Waals surface area contributed by atoms with Crippen LogP contribution in [0.2, 0.25) is 0 Å². The minimum absolute atomic E-state index is 0.0295. The van der Waals surface area contributed by atoms with Crippen LogP contribution in [-0.4, -0.2) is 59.1 Å². The molecule has 0 spiro atoms. The van der Waals surface area contributed by atoms with Crippen LogP contribution in [0.15, 0.2) is 36.7 Å². The van der Waals surface area contributed by atoms with Gasteiger partial charge in [0.15, 0.2) is 12.1 Å². The summed E-state index contributed by atoms with van der Waals surface area (Å²) in [4.78, 5) is 22.4. The van der Waals surface area contributed by atoms with Gasteiger partial charge in [0, 0.05) is 24.4 Å². The lowest BCUT2D eigenvalue weighted by atomic mass is 9.98. The summed E-state index contributed by atoms with van der Waals surface area (Å²) in [7, 11) is 1.34. The molecule has 1 aromatic carbocycles. The summed E-state index contributed by atoms with van der Waals surface area (Å²) in [6.45, 7) is 0.350. The Balaban J connectivity index is 1.49. The van der Waals surface area contributed by atoms with Crippen molar-refractivity contribution in [3.05, 3.63) is 70.7 Å². The smallest absolute Gasteiger partial charge is 0.376 e. The van der Waals surface area contributed by atoms with Crippen LogP contribution in [0.3, 0.4) is 0 Å². The van der Waals surface area contributed by atoms with E-state index in [9.17, 15) is 18.0 Å². The van der Waals surface area contributed by atoms with Gasteiger partial charge in [-0.25, -0.2) is 14.4 Å². The molecule has 2 fully saturated rings. The molecule has 6 rings (SSSR count). The van der Waals surface area contributed by atoms with E-state index < -0.39 is 35.7 Å². The summed E-state index contributed by atoms with van der Waals surface area (Å²) >= 11 is 0. The molecule has 3 aliphatic rings. The van der Waals surface area contributed by atoms with Crippen molar-refractivity contribution in [3.63, 3.8) is 0 Å². The van der Waals surface area contributed by atoms with Crippen molar-refractivity contribution in [1.82, 2.24) is 19.7 Å². The maximum absolute atomic E-state index is 15.3. The molecule has 1 saturated carbocycles. The van der Waals surface area contributed by atoms with Crippen molar-refractivity contribution < 1.29 is 41.3 Å². The van der Waals surface area contributed by atoms with Crippen molar-refractivity contribution in [3.8, 4) is 11.3 Å². The highest BCUT2D eigenvalue weighted by Crippen LogP contribution is 2.40. The summed E-state index contributed by atoms with van der Waals surface area (Å²) in [5.74, 6) is -1.60. The zero-order chi connectivity index (χ0) is 28.7. The Bertz CT molecular complexity index is 1500. The normalized spacial score (nSPS) is 19.9. The number of carbonyl (C=O) groups is 1. The van der Waals surface area contributed by atoms with Crippen LogP contribution in [0.1, 0.15) is 70.7 Å². The number of hydrogen-bond acceptors (Lipinski definition) is 8. The van der Waals surface area contributed by atoms with Gasteiger partial charge < -0.3 is 18.9 Å². The standard InChI is InChI=1S/C28H26F4N4O5/c1-38-14-21(37)25-23(27-40-8-9-41-27)24(19-5-2-17(11-20(19)29)28(30,31)32)34-26(35-25)15-6-7-39-22(10-15)16-12-33-36(13-16)18-3-4-18/h2,5,10-13,18,22,27H,3-4,6-9,14H2,1H3/t22-/m1/s1. The zero-order valence-corrected chi connectivity index (χ0v) is 22.0. The Hall–Kier alpha value is -3.52. The predicted octanol–water partition coefficient (Wildman–Crippen LogP) is 5.25. The van der Waals surface area contributed by atoms with Gasteiger partial charge in [0.05, 0.1) is 48.9 Å². The van der Waals surface area contributed by atoms with Crippen molar-refractivity contribution in [2.75, 3.05) is 33.5 Å². The topological polar surface area (TPSA) is 97.6 Å². The molecule has 3 aromatic rings. The van der Waals surface area contributed by atoms with Gasteiger partial charge in [-0.3, -0.25) is 9.48 Å². The van der Waals surface area contributed by atoms with Crippen LogP contribution >= 0.6 is 0 Å². The van der Waals surface area contributed by atoms with Crippen LogP contribution in [-0.2, 0) is 25.1 Å². The molecule has 0 radical (unpaired) electrons. The first-order chi connectivity index (χ1) is 19.7. The highest BCUT2D eigenvalue weighted by atomic mass is 19.4. The minimum Gasteiger partial charge on any atom is -0.376 e. The third kappa shape index (κ3) is 5.67. The van der Waals surface area contributed by atoms with Crippen molar-refractivity contribution in [2.45, 2.75) is 43.9 Å². The van der Waals surface area contributed by atoms with Gasteiger partial charge >= 0.3 is 6.18 Å². The Morgan fingerprint density at radius 1 is 1.12 bits per heavy atom. The zero-order valence-electron chi connectivity index (χ0n) is 22.0. The van der Waals surface area contributed by atoms with E-state index in [-0.39, 0.29) is 48.2 Å². The number of ether oxygens (including phenoxy) is 4. The molecule has 1 aliphatic carbocycles. The Morgan fingerprint density at radius 3 is 2.59 bits per heavy atom. The molecule has 2 aromatic heterocycles. The van der Waals surface area contributed by atoms with Gasteiger partial charge in [0.1, 0.15) is 24.2 Å². The lowest BCUT2D eigenvalue weighted by molar-refractivity contribution is -0.137. The van der Waals surface area contributed by atoms with Gasteiger partial charge in [-0.15, -0.1) is 0 Å². The average molecular weight is 575 g/mol. The molecule has 9 nitrogen and oxygen atoms in total. The van der Waals surface area contributed by atoms with Crippen LogP contribution in [0.5, 0.6) is 0 Å². The van der Waals surface area contributed by atoms with Gasteiger partial charge in [-0.1, -0.05) is 0 Å². The second kappa shape index (κ2) is 11.0. The molecule has 216 valence electrons. The van der Waals surface area contributed by atoms with Crippen molar-refractivity contribution in [2.24, 2.45) is 0 Å². The number of methoxy groups -OCH3 is 1. The maximum Gasteiger partial charge on any atom is 0.416 e. The van der Waals surface area contributed by atoms with E-state index in [1.165, 1.54) is 7.11 Å². The number of aromatic nitrogens is 4. The molecule has 41 heavy (non-hydrogen) atoms. The van der Waals surface area contributed by atoms with Crippen LogP contribution < -0.4 is 0 Å². The molecule has 1 saturated heterocycles. The molecule has 4 heterocycles. The number of rotatable bonds is 8. The second-order valence-electron chi connectivity index (χ2n) is 10.00. The number of nitrogens with zero attached hydrogens (tertiary/aromatic N) is 4. The molecular weight excluding hydrogens is 548 g/mol. The molecule has 13 heteroatoms. The van der Waals surface area contributed by atoms with Gasteiger partial charge in [-0.2, -0.15) is 18.3 Å². The van der Waals surface area contributed by atoms with E-state index in [1.807, 2.05) is 17.0 Å². The van der Waals surface area contributed by atoms with Crippen molar-refractivity contribution >= 4 is 11.4 Å². The highest BCUT2D eigenvalue weighted by molar-refractivity contribution is 5.98. The van der Waals surface area contributed by atoms with E-state index in [4.69, 9.17) is 18.9 Å². The number of hydrogen-bond donors (Lipinski definition) is 0. The fourth-order valence-corrected chi connectivity index (χ4v) is 4.89. The molecule has 0 N–H and O–H groups in total. The fourth-order valence-electron chi connectivity index (χ4n) is 4.89. The first-order valence-electron chi connectivity index (χ1n) is 13.1. The van der Waals surface area contributed by atoms with Crippen LogP contribution in [0.25, 0.3) is 16.8 Å². The second-order valence-corrected chi connectivity index (χ2v) is 10.00. The maximum atomic E-state index is 15.3. The quantitative estimate of drug-likeness (QED) is 0.266. The van der Waals surface area contributed by atoms with Gasteiger partial charge in [-0.05, 0) is 49.1 Å². The number of carbonyl (C=O) groups excluding carboxylic acids is 1. The lowest BCUT2D eigenvalue weighted by Gasteiger charge is -2.23. The van der Waals surface area contributed by atoms with Crippen LogP contribution in [0, 0.1) is 5.82 Å². The fraction of sp³-hybridized carbons (Fsp3) is 0.429. The SMILES string of the molecule is COCC(=O)c1nc(C2=C[C@H](c3cnn(C4CC4)c3)OCC2)nc(-c2ccc(C(F)(F)F)cc2F)c1C1OCCO1. The summed E-state index contributed by atoms with van der Waals surface area (Å²) in [5.41, 5.74) is -0.135. The third-order valence-corrected chi connectivity index (χ3v) is 7.07. The summed E-state index contributed by atoms with van der Waals surface area (Å²) < 4.78 is 79.4. The Morgan fingerprint density at radius 2 is 1.90 bits per heavy atom. The largest absolute Gasteiger partial charge is 0.416 e. The average Bonchev–Trinajstić information content (AvgIpc) is 3.43. The first kappa shape index (κ1) is 27.6. The van der Waals surface area contributed by atoms with E-state index in [2.05, 4.69) is 15.1 Å². The Labute approximate surface area is 232 Å². The molecule has 1 atom stereocenters. The summed E-state index contributed by atoms with van der Waals surface area (Å²) in [5, 5.41) is 4.42. The molecular formula is C28H26F4N4O5.